The molecule has 0 radical (unpaired) electrons. The van der Waals surface area contributed by atoms with Crippen molar-refractivity contribution in [3.05, 3.63) is 36.4 Å². The predicted octanol–water partition coefficient (Wildman–Crippen LogP) is 1.83. The van der Waals surface area contributed by atoms with Crippen molar-refractivity contribution in [1.82, 2.24) is 0 Å². The minimum atomic E-state index is -3.29. The van der Waals surface area contributed by atoms with E-state index in [1.54, 1.807) is 18.2 Å². The molecule has 0 aliphatic carbocycles. The Morgan fingerprint density at radius 2 is 1.73 bits per heavy atom. The molecule has 0 saturated carbocycles. The maximum absolute atomic E-state index is 11.6. The third-order valence-electron chi connectivity index (χ3n) is 2.28. The fourth-order valence-corrected chi connectivity index (χ4v) is 2.76. The first-order valence-electron chi connectivity index (χ1n) is 4.47. The Morgan fingerprint density at radius 1 is 1.07 bits per heavy atom. The molecule has 0 fully saturated rings. The van der Waals surface area contributed by atoms with Gasteiger partial charge in [0.25, 0.3) is 0 Å². The highest BCUT2D eigenvalue weighted by atomic mass is 32.2. The molecule has 0 saturated heterocycles. The molecule has 2 N–H and O–H groups in total. The number of rotatable bonds is 1. The van der Waals surface area contributed by atoms with Gasteiger partial charge in [0.05, 0.1) is 10.6 Å². The van der Waals surface area contributed by atoms with Crippen LogP contribution in [0.15, 0.2) is 41.3 Å². The Bertz CT molecular complexity index is 618. The monoisotopic (exact) mass is 221 g/mol. The number of fused-ring (bicyclic) bond motifs is 1. The first-order chi connectivity index (χ1) is 7.00. The topological polar surface area (TPSA) is 60.2 Å². The van der Waals surface area contributed by atoms with Gasteiger partial charge in [0.2, 0.25) is 0 Å². The summed E-state index contributed by atoms with van der Waals surface area (Å²) in [7, 11) is -3.29. The summed E-state index contributed by atoms with van der Waals surface area (Å²) in [5, 5.41) is 1.56. The number of hydrogen-bond acceptors (Lipinski definition) is 3. The van der Waals surface area contributed by atoms with Crippen molar-refractivity contribution < 1.29 is 8.42 Å². The highest BCUT2D eigenvalue weighted by Crippen LogP contribution is 2.28. The quantitative estimate of drug-likeness (QED) is 0.747. The van der Waals surface area contributed by atoms with Gasteiger partial charge >= 0.3 is 0 Å². The number of hydrogen-bond donors (Lipinski definition) is 1. The van der Waals surface area contributed by atoms with Crippen LogP contribution in [0.25, 0.3) is 10.8 Å². The Hall–Kier alpha value is -1.55. The molecule has 2 aromatic carbocycles. The Labute approximate surface area is 88.4 Å². The van der Waals surface area contributed by atoms with Crippen LogP contribution >= 0.6 is 0 Å². The van der Waals surface area contributed by atoms with E-state index in [1.807, 2.05) is 18.2 Å². The van der Waals surface area contributed by atoms with E-state index in [0.717, 1.165) is 5.39 Å². The van der Waals surface area contributed by atoms with Gasteiger partial charge in [-0.05, 0) is 11.5 Å². The second-order valence-electron chi connectivity index (χ2n) is 3.48. The summed E-state index contributed by atoms with van der Waals surface area (Å²) < 4.78 is 23.2. The standard InChI is InChI=1S/C11H11NO2S/c1-15(13,14)11-9-5-3-2-4-8(9)6-7-10(11)12/h2-7H,12H2,1H3. The fourth-order valence-electron chi connectivity index (χ4n) is 1.67. The largest absolute Gasteiger partial charge is 0.398 e. The summed E-state index contributed by atoms with van der Waals surface area (Å²) in [6.07, 6.45) is 1.17. The van der Waals surface area contributed by atoms with Crippen LogP contribution in [-0.4, -0.2) is 14.7 Å². The molecule has 3 nitrogen and oxygen atoms in total. The van der Waals surface area contributed by atoms with Crippen molar-refractivity contribution in [2.75, 3.05) is 12.0 Å². The van der Waals surface area contributed by atoms with Crippen molar-refractivity contribution >= 4 is 26.3 Å². The summed E-state index contributed by atoms with van der Waals surface area (Å²) in [5.74, 6) is 0. The van der Waals surface area contributed by atoms with Crippen molar-refractivity contribution in [2.24, 2.45) is 0 Å². The normalized spacial score (nSPS) is 11.8. The molecule has 0 aliphatic rings. The molecule has 4 heteroatoms. The molecule has 0 atom stereocenters. The summed E-state index contributed by atoms with van der Waals surface area (Å²) >= 11 is 0. The molecule has 15 heavy (non-hydrogen) atoms. The smallest absolute Gasteiger partial charge is 0.178 e. The summed E-state index contributed by atoms with van der Waals surface area (Å²) in [6, 6.07) is 10.7. The summed E-state index contributed by atoms with van der Waals surface area (Å²) in [6.45, 7) is 0. The maximum Gasteiger partial charge on any atom is 0.178 e. The van der Waals surface area contributed by atoms with Gasteiger partial charge in [-0.2, -0.15) is 0 Å². The number of benzene rings is 2. The SMILES string of the molecule is CS(=O)(=O)c1c(N)ccc2ccccc12. The zero-order valence-corrected chi connectivity index (χ0v) is 9.08. The first kappa shape index (κ1) is 9.98. The van der Waals surface area contributed by atoms with Crippen LogP contribution < -0.4 is 5.73 Å². The molecule has 0 amide bonds. The van der Waals surface area contributed by atoms with Crippen molar-refractivity contribution in [1.29, 1.82) is 0 Å². The predicted molar refractivity (Wildman–Crippen MR) is 61.5 cm³/mol. The van der Waals surface area contributed by atoms with Gasteiger partial charge in [-0.3, -0.25) is 0 Å². The molecule has 78 valence electrons. The zero-order chi connectivity index (χ0) is 11.1. The highest BCUT2D eigenvalue weighted by molar-refractivity contribution is 7.91. The first-order valence-corrected chi connectivity index (χ1v) is 6.36. The molecule has 0 bridgehead atoms. The van der Waals surface area contributed by atoms with Gasteiger partial charge < -0.3 is 5.73 Å². The van der Waals surface area contributed by atoms with E-state index in [1.165, 1.54) is 6.26 Å². The lowest BCUT2D eigenvalue weighted by molar-refractivity contribution is 0.603. The van der Waals surface area contributed by atoms with Gasteiger partial charge in [-0.25, -0.2) is 8.42 Å². The van der Waals surface area contributed by atoms with Crippen molar-refractivity contribution in [3.63, 3.8) is 0 Å². The molecule has 0 spiro atoms. The van der Waals surface area contributed by atoms with Crippen LogP contribution in [0.2, 0.25) is 0 Å². The minimum absolute atomic E-state index is 0.223. The van der Waals surface area contributed by atoms with E-state index in [0.29, 0.717) is 11.1 Å². The van der Waals surface area contributed by atoms with Crippen molar-refractivity contribution in [3.8, 4) is 0 Å². The number of nitrogens with two attached hydrogens (primary N) is 1. The van der Waals surface area contributed by atoms with Gasteiger partial charge in [-0.15, -0.1) is 0 Å². The third kappa shape index (κ3) is 1.68. The number of anilines is 1. The van der Waals surface area contributed by atoms with E-state index >= 15 is 0 Å². The molecule has 0 aromatic heterocycles. The maximum atomic E-state index is 11.6. The van der Waals surface area contributed by atoms with Gasteiger partial charge in [0.1, 0.15) is 0 Å². The van der Waals surface area contributed by atoms with Crippen LogP contribution in [0.5, 0.6) is 0 Å². The molecular weight excluding hydrogens is 210 g/mol. The molecule has 2 rings (SSSR count). The van der Waals surface area contributed by atoms with Crippen molar-refractivity contribution in [2.45, 2.75) is 4.90 Å². The second kappa shape index (κ2) is 3.24. The van der Waals surface area contributed by atoms with Gasteiger partial charge in [0.15, 0.2) is 9.84 Å². The second-order valence-corrected chi connectivity index (χ2v) is 5.43. The average Bonchev–Trinajstić information content (AvgIpc) is 2.15. The van der Waals surface area contributed by atoms with Crippen LogP contribution in [-0.2, 0) is 9.84 Å². The third-order valence-corrected chi connectivity index (χ3v) is 3.48. The van der Waals surface area contributed by atoms with Gasteiger partial charge in [-0.1, -0.05) is 30.3 Å². The van der Waals surface area contributed by atoms with E-state index in [2.05, 4.69) is 0 Å². The molecular formula is C11H11NO2S. The summed E-state index contributed by atoms with van der Waals surface area (Å²) in [5.41, 5.74) is 6.00. The number of sulfone groups is 1. The summed E-state index contributed by atoms with van der Waals surface area (Å²) in [4.78, 5) is 0.223. The lowest BCUT2D eigenvalue weighted by Crippen LogP contribution is -2.03. The van der Waals surface area contributed by atoms with E-state index in [9.17, 15) is 8.42 Å². The Balaban J connectivity index is 2.99. The van der Waals surface area contributed by atoms with Crippen LogP contribution in [0, 0.1) is 0 Å². The zero-order valence-electron chi connectivity index (χ0n) is 8.27. The Morgan fingerprint density at radius 3 is 2.40 bits per heavy atom. The fraction of sp³-hybridized carbons (Fsp3) is 0.0909. The average molecular weight is 221 g/mol. The number of nitrogen functional groups attached to an aromatic ring is 1. The molecule has 0 unspecified atom stereocenters. The molecule has 0 heterocycles. The minimum Gasteiger partial charge on any atom is -0.398 e. The molecule has 0 aliphatic heterocycles. The van der Waals surface area contributed by atoms with E-state index in [-0.39, 0.29) is 4.90 Å². The van der Waals surface area contributed by atoms with E-state index < -0.39 is 9.84 Å². The van der Waals surface area contributed by atoms with Crippen LogP contribution in [0.3, 0.4) is 0 Å². The van der Waals surface area contributed by atoms with E-state index in [4.69, 9.17) is 5.73 Å². The Kier molecular flexibility index (Phi) is 2.16. The van der Waals surface area contributed by atoms with Crippen LogP contribution in [0.1, 0.15) is 0 Å². The lowest BCUT2D eigenvalue weighted by Gasteiger charge is -2.07. The van der Waals surface area contributed by atoms with Crippen LogP contribution in [0.4, 0.5) is 5.69 Å². The highest BCUT2D eigenvalue weighted by Gasteiger charge is 2.14. The van der Waals surface area contributed by atoms with Gasteiger partial charge in [0, 0.05) is 11.6 Å². The molecule has 2 aromatic rings. The lowest BCUT2D eigenvalue weighted by atomic mass is 10.1.